The summed E-state index contributed by atoms with van der Waals surface area (Å²) in [6, 6.07) is 23.0. The Morgan fingerprint density at radius 2 is 1.69 bits per heavy atom. The van der Waals surface area contributed by atoms with Crippen LogP contribution in [-0.4, -0.2) is 25.4 Å². The highest BCUT2D eigenvalue weighted by molar-refractivity contribution is 5.80. The van der Waals surface area contributed by atoms with Gasteiger partial charge in [0.1, 0.15) is 11.5 Å². The molecule has 36 heavy (non-hydrogen) atoms. The summed E-state index contributed by atoms with van der Waals surface area (Å²) in [6.07, 6.45) is 3.76. The maximum Gasteiger partial charge on any atom is 0.223 e. The van der Waals surface area contributed by atoms with Gasteiger partial charge in [-0.3, -0.25) is 4.40 Å². The van der Waals surface area contributed by atoms with Gasteiger partial charge >= 0.3 is 0 Å². The second-order valence-corrected chi connectivity index (χ2v) is 9.16. The SMILES string of the molecule is CC(C)NCc1ccn2c(-c3ccnc(NC(C)c4ccccc4)n3)c(-c3ccc(F)cc3)nc2c1. The first-order valence-electron chi connectivity index (χ1n) is 12.1. The molecule has 3 heterocycles. The molecule has 0 aliphatic rings. The highest BCUT2D eigenvalue weighted by atomic mass is 19.1. The van der Waals surface area contributed by atoms with Crippen LogP contribution in [0.4, 0.5) is 10.3 Å². The van der Waals surface area contributed by atoms with Gasteiger partial charge in [0, 0.05) is 30.5 Å². The van der Waals surface area contributed by atoms with Crippen molar-refractivity contribution in [3.8, 4) is 22.6 Å². The molecule has 0 spiro atoms. The first-order chi connectivity index (χ1) is 17.5. The molecule has 5 rings (SSSR count). The lowest BCUT2D eigenvalue weighted by Crippen LogP contribution is -2.21. The van der Waals surface area contributed by atoms with Crippen LogP contribution in [-0.2, 0) is 6.54 Å². The van der Waals surface area contributed by atoms with Gasteiger partial charge in [-0.2, -0.15) is 0 Å². The van der Waals surface area contributed by atoms with E-state index in [1.54, 1.807) is 18.3 Å². The van der Waals surface area contributed by atoms with Crippen LogP contribution in [0.3, 0.4) is 0 Å². The zero-order valence-electron chi connectivity index (χ0n) is 20.6. The van der Waals surface area contributed by atoms with Crippen LogP contribution in [0.1, 0.15) is 37.9 Å². The summed E-state index contributed by atoms with van der Waals surface area (Å²) in [5, 5.41) is 6.85. The molecule has 6 nitrogen and oxygen atoms in total. The molecular weight excluding hydrogens is 451 g/mol. The summed E-state index contributed by atoms with van der Waals surface area (Å²) in [6.45, 7) is 7.08. The van der Waals surface area contributed by atoms with E-state index in [1.165, 1.54) is 12.1 Å². The van der Waals surface area contributed by atoms with Gasteiger partial charge in [-0.15, -0.1) is 0 Å². The smallest absolute Gasteiger partial charge is 0.223 e. The van der Waals surface area contributed by atoms with Crippen LogP contribution < -0.4 is 10.6 Å². The van der Waals surface area contributed by atoms with Crippen molar-refractivity contribution in [1.82, 2.24) is 24.7 Å². The maximum absolute atomic E-state index is 13.7. The minimum atomic E-state index is -0.283. The first kappa shape index (κ1) is 23.6. The Balaban J connectivity index is 1.57. The largest absolute Gasteiger partial charge is 0.348 e. The van der Waals surface area contributed by atoms with Crippen LogP contribution >= 0.6 is 0 Å². The third-order valence-electron chi connectivity index (χ3n) is 6.07. The number of aromatic nitrogens is 4. The highest BCUT2D eigenvalue weighted by Crippen LogP contribution is 2.33. The molecule has 2 N–H and O–H groups in total. The molecule has 1 unspecified atom stereocenters. The van der Waals surface area contributed by atoms with E-state index in [2.05, 4.69) is 60.7 Å². The second-order valence-electron chi connectivity index (χ2n) is 9.16. The van der Waals surface area contributed by atoms with Crippen molar-refractivity contribution in [3.05, 3.63) is 102 Å². The Morgan fingerprint density at radius 1 is 0.917 bits per heavy atom. The number of rotatable bonds is 8. The lowest BCUT2D eigenvalue weighted by Gasteiger charge is -2.15. The minimum absolute atomic E-state index is 0.0382. The molecule has 0 aliphatic carbocycles. The molecule has 0 saturated heterocycles. The first-order valence-corrected chi connectivity index (χ1v) is 12.1. The standard InChI is InChI=1S/C29H29FN6/c1-19(2)32-18-21-14-16-36-26(17-21)35-27(23-9-11-24(30)12-10-23)28(36)25-13-15-31-29(34-25)33-20(3)22-7-5-4-6-8-22/h4-17,19-20,32H,18H2,1-3H3,(H,31,33,34). The second kappa shape index (κ2) is 10.3. The van der Waals surface area contributed by atoms with Gasteiger partial charge in [0.15, 0.2) is 0 Å². The van der Waals surface area contributed by atoms with Crippen molar-refractivity contribution in [3.63, 3.8) is 0 Å². The summed E-state index contributed by atoms with van der Waals surface area (Å²) >= 11 is 0. The average molecular weight is 481 g/mol. The summed E-state index contributed by atoms with van der Waals surface area (Å²) in [5.41, 5.74) is 6.21. The van der Waals surface area contributed by atoms with Crippen molar-refractivity contribution >= 4 is 11.6 Å². The number of hydrogen-bond acceptors (Lipinski definition) is 5. The Hall–Kier alpha value is -4.10. The number of hydrogen-bond donors (Lipinski definition) is 2. The lowest BCUT2D eigenvalue weighted by molar-refractivity contribution is 0.588. The third-order valence-corrected chi connectivity index (χ3v) is 6.07. The molecule has 0 bridgehead atoms. The maximum atomic E-state index is 13.7. The van der Waals surface area contributed by atoms with Crippen molar-refractivity contribution in [2.75, 3.05) is 5.32 Å². The van der Waals surface area contributed by atoms with E-state index in [4.69, 9.17) is 9.97 Å². The highest BCUT2D eigenvalue weighted by Gasteiger charge is 2.19. The molecule has 0 fully saturated rings. The third kappa shape index (κ3) is 5.11. The van der Waals surface area contributed by atoms with Gasteiger partial charge in [0.2, 0.25) is 5.95 Å². The molecule has 182 valence electrons. The molecule has 2 aromatic carbocycles. The summed E-state index contributed by atoms with van der Waals surface area (Å²) in [5.74, 6) is 0.246. The molecule has 0 radical (unpaired) electrons. The monoisotopic (exact) mass is 480 g/mol. The van der Waals surface area contributed by atoms with Gasteiger partial charge in [-0.05, 0) is 60.5 Å². The minimum Gasteiger partial charge on any atom is -0.348 e. The number of pyridine rings is 1. The van der Waals surface area contributed by atoms with E-state index >= 15 is 0 Å². The fraction of sp³-hybridized carbons (Fsp3) is 0.207. The van der Waals surface area contributed by atoms with E-state index in [-0.39, 0.29) is 11.9 Å². The van der Waals surface area contributed by atoms with E-state index in [9.17, 15) is 4.39 Å². The number of imidazole rings is 1. The number of benzene rings is 2. The van der Waals surface area contributed by atoms with Gasteiger partial charge in [0.05, 0.1) is 23.1 Å². The van der Waals surface area contributed by atoms with Crippen LogP contribution in [0.25, 0.3) is 28.3 Å². The molecule has 5 aromatic rings. The van der Waals surface area contributed by atoms with E-state index < -0.39 is 0 Å². The summed E-state index contributed by atoms with van der Waals surface area (Å²) in [7, 11) is 0. The molecule has 0 saturated carbocycles. The predicted molar refractivity (Wildman–Crippen MR) is 142 cm³/mol. The van der Waals surface area contributed by atoms with Gasteiger partial charge in [-0.1, -0.05) is 44.2 Å². The number of fused-ring (bicyclic) bond motifs is 1. The molecule has 0 amide bonds. The molecular formula is C29H29FN6. The van der Waals surface area contributed by atoms with E-state index in [0.29, 0.717) is 12.0 Å². The predicted octanol–water partition coefficient (Wildman–Crippen LogP) is 6.27. The van der Waals surface area contributed by atoms with Gasteiger partial charge in [0.25, 0.3) is 0 Å². The van der Waals surface area contributed by atoms with Crippen LogP contribution in [0.5, 0.6) is 0 Å². The Kier molecular flexibility index (Phi) is 6.73. The fourth-order valence-electron chi connectivity index (χ4n) is 4.15. The molecule has 0 aliphatic heterocycles. The van der Waals surface area contributed by atoms with Gasteiger partial charge in [-0.25, -0.2) is 19.3 Å². The Labute approximate surface area is 210 Å². The Bertz CT molecular complexity index is 1460. The molecule has 1 atom stereocenters. The Morgan fingerprint density at radius 3 is 2.44 bits per heavy atom. The van der Waals surface area contributed by atoms with Gasteiger partial charge < -0.3 is 10.6 Å². The number of anilines is 1. The number of halogens is 1. The normalized spacial score (nSPS) is 12.2. The summed E-state index contributed by atoms with van der Waals surface area (Å²) in [4.78, 5) is 14.2. The van der Waals surface area contributed by atoms with E-state index in [0.717, 1.165) is 46.0 Å². The number of nitrogens with zero attached hydrogens (tertiary/aromatic N) is 4. The van der Waals surface area contributed by atoms with Crippen LogP contribution in [0, 0.1) is 5.82 Å². The topological polar surface area (TPSA) is 67.1 Å². The lowest BCUT2D eigenvalue weighted by atomic mass is 10.1. The average Bonchev–Trinajstić information content (AvgIpc) is 3.27. The quantitative estimate of drug-likeness (QED) is 0.274. The zero-order chi connectivity index (χ0) is 25.1. The molecule has 7 heteroatoms. The number of nitrogens with one attached hydrogen (secondary N) is 2. The van der Waals surface area contributed by atoms with Crippen LogP contribution in [0.2, 0.25) is 0 Å². The molecule has 3 aromatic heterocycles. The van der Waals surface area contributed by atoms with Crippen molar-refractivity contribution in [2.24, 2.45) is 0 Å². The summed E-state index contributed by atoms with van der Waals surface area (Å²) < 4.78 is 15.7. The zero-order valence-corrected chi connectivity index (χ0v) is 20.6. The van der Waals surface area contributed by atoms with E-state index in [1.807, 2.05) is 34.9 Å². The van der Waals surface area contributed by atoms with Crippen molar-refractivity contribution in [2.45, 2.75) is 39.4 Å². The van der Waals surface area contributed by atoms with Crippen LogP contribution in [0.15, 0.2) is 85.2 Å². The van der Waals surface area contributed by atoms with Crippen molar-refractivity contribution < 1.29 is 4.39 Å². The fourth-order valence-corrected chi connectivity index (χ4v) is 4.15. The van der Waals surface area contributed by atoms with Crippen molar-refractivity contribution in [1.29, 1.82) is 0 Å².